The molecule has 1 saturated carbocycles. The third kappa shape index (κ3) is 2.26. The van der Waals surface area contributed by atoms with Gasteiger partial charge in [-0.25, -0.2) is 0 Å². The average Bonchev–Trinajstić information content (AvgIpc) is 3.16. The predicted octanol–water partition coefficient (Wildman–Crippen LogP) is 1.94. The number of rotatable bonds is 4. The third-order valence-corrected chi connectivity index (χ3v) is 4.88. The van der Waals surface area contributed by atoms with Gasteiger partial charge in [0.25, 0.3) is 0 Å². The fraction of sp³-hybridized carbons (Fsp3) is 0.867. The highest BCUT2D eigenvalue weighted by Gasteiger charge is 2.55. The van der Waals surface area contributed by atoms with E-state index in [1.807, 2.05) is 18.7 Å². The number of amides is 2. The zero-order chi connectivity index (χ0) is 14.4. The zero-order valence-corrected chi connectivity index (χ0v) is 12.7. The molecule has 1 aliphatic carbocycles. The molecule has 0 radical (unpaired) electrons. The highest BCUT2D eigenvalue weighted by atomic mass is 16.2. The van der Waals surface area contributed by atoms with Crippen LogP contribution in [0.25, 0.3) is 0 Å². The summed E-state index contributed by atoms with van der Waals surface area (Å²) in [7, 11) is 0. The molecular formula is C15H26N2O2. The van der Waals surface area contributed by atoms with Crippen molar-refractivity contribution in [3.63, 3.8) is 0 Å². The van der Waals surface area contributed by atoms with E-state index in [0.29, 0.717) is 18.3 Å². The Balaban J connectivity index is 2.34. The van der Waals surface area contributed by atoms with Crippen molar-refractivity contribution in [2.75, 3.05) is 0 Å². The topological polar surface area (TPSA) is 49.4 Å². The van der Waals surface area contributed by atoms with E-state index in [-0.39, 0.29) is 23.9 Å². The Kier molecular flexibility index (Phi) is 3.63. The van der Waals surface area contributed by atoms with Crippen molar-refractivity contribution in [1.29, 1.82) is 0 Å². The van der Waals surface area contributed by atoms with Crippen molar-refractivity contribution in [2.45, 2.75) is 71.5 Å². The lowest BCUT2D eigenvalue weighted by atomic mass is 9.86. The van der Waals surface area contributed by atoms with Crippen LogP contribution in [0.2, 0.25) is 0 Å². The SMILES string of the molecule is CCC1C(=O)NC(C)(C2CC2)C(=O)N1C(C)C(C)C. The van der Waals surface area contributed by atoms with E-state index in [1.165, 1.54) is 0 Å². The van der Waals surface area contributed by atoms with Gasteiger partial charge in [-0.05, 0) is 44.9 Å². The number of piperazine rings is 1. The second-order valence-corrected chi connectivity index (χ2v) is 6.59. The molecule has 4 nitrogen and oxygen atoms in total. The van der Waals surface area contributed by atoms with Crippen molar-refractivity contribution in [3.8, 4) is 0 Å². The Morgan fingerprint density at radius 2 is 1.89 bits per heavy atom. The van der Waals surface area contributed by atoms with Gasteiger partial charge in [0.05, 0.1) is 0 Å². The highest BCUT2D eigenvalue weighted by molar-refractivity contribution is 6.00. The smallest absolute Gasteiger partial charge is 0.249 e. The molecule has 0 aromatic rings. The minimum absolute atomic E-state index is 0.0176. The number of nitrogens with one attached hydrogen (secondary N) is 1. The molecule has 0 aromatic heterocycles. The Morgan fingerprint density at radius 1 is 1.32 bits per heavy atom. The summed E-state index contributed by atoms with van der Waals surface area (Å²) in [5.41, 5.74) is -0.675. The first-order valence-corrected chi connectivity index (χ1v) is 7.47. The maximum Gasteiger partial charge on any atom is 0.249 e. The number of hydrogen-bond donors (Lipinski definition) is 1. The van der Waals surface area contributed by atoms with Crippen LogP contribution in [-0.4, -0.2) is 34.3 Å². The summed E-state index contributed by atoms with van der Waals surface area (Å²) in [6, 6.07) is -0.210. The van der Waals surface area contributed by atoms with Gasteiger partial charge < -0.3 is 10.2 Å². The highest BCUT2D eigenvalue weighted by Crippen LogP contribution is 2.43. The van der Waals surface area contributed by atoms with E-state index in [4.69, 9.17) is 0 Å². The first-order valence-electron chi connectivity index (χ1n) is 7.47. The molecule has 2 aliphatic rings. The van der Waals surface area contributed by atoms with E-state index in [2.05, 4.69) is 26.1 Å². The summed E-state index contributed by atoms with van der Waals surface area (Å²) in [6.07, 6.45) is 2.77. The molecule has 3 unspecified atom stereocenters. The molecule has 1 saturated heterocycles. The van der Waals surface area contributed by atoms with Crippen molar-refractivity contribution in [1.82, 2.24) is 10.2 Å². The molecule has 2 rings (SSSR count). The molecule has 3 atom stereocenters. The van der Waals surface area contributed by atoms with E-state index in [0.717, 1.165) is 12.8 Å². The number of carbonyl (C=O) groups excluding carboxylic acids is 2. The van der Waals surface area contributed by atoms with Crippen LogP contribution in [0.1, 0.15) is 53.9 Å². The molecule has 108 valence electrons. The van der Waals surface area contributed by atoms with E-state index >= 15 is 0 Å². The van der Waals surface area contributed by atoms with Gasteiger partial charge >= 0.3 is 0 Å². The normalized spacial score (nSPS) is 33.6. The molecular weight excluding hydrogens is 240 g/mol. The Morgan fingerprint density at radius 3 is 2.32 bits per heavy atom. The van der Waals surface area contributed by atoms with Crippen LogP contribution in [0.3, 0.4) is 0 Å². The van der Waals surface area contributed by atoms with Gasteiger partial charge in [-0.1, -0.05) is 20.8 Å². The Hall–Kier alpha value is -1.06. The number of hydrogen-bond acceptors (Lipinski definition) is 2. The lowest BCUT2D eigenvalue weighted by Crippen LogP contribution is -2.71. The summed E-state index contributed by atoms with van der Waals surface area (Å²) in [4.78, 5) is 27.1. The summed E-state index contributed by atoms with van der Waals surface area (Å²) < 4.78 is 0. The van der Waals surface area contributed by atoms with Crippen LogP contribution >= 0.6 is 0 Å². The second-order valence-electron chi connectivity index (χ2n) is 6.59. The van der Waals surface area contributed by atoms with Crippen molar-refractivity contribution in [3.05, 3.63) is 0 Å². The minimum Gasteiger partial charge on any atom is -0.340 e. The standard InChI is InChI=1S/C15H26N2O2/c1-6-12-13(18)16-15(5,11-7-8-11)14(19)17(12)10(4)9(2)3/h9-12H,6-8H2,1-5H3,(H,16,18). The van der Waals surface area contributed by atoms with Crippen LogP contribution in [0, 0.1) is 11.8 Å². The van der Waals surface area contributed by atoms with Gasteiger partial charge in [-0.15, -0.1) is 0 Å². The van der Waals surface area contributed by atoms with Crippen LogP contribution in [0.4, 0.5) is 0 Å². The predicted molar refractivity (Wildman–Crippen MR) is 74.5 cm³/mol. The first-order chi connectivity index (χ1) is 8.82. The molecule has 19 heavy (non-hydrogen) atoms. The monoisotopic (exact) mass is 266 g/mol. The Labute approximate surface area is 115 Å². The largest absolute Gasteiger partial charge is 0.340 e. The van der Waals surface area contributed by atoms with Crippen LogP contribution < -0.4 is 5.32 Å². The number of carbonyl (C=O) groups is 2. The molecule has 2 amide bonds. The minimum atomic E-state index is -0.675. The van der Waals surface area contributed by atoms with Gasteiger partial charge in [0, 0.05) is 6.04 Å². The summed E-state index contributed by atoms with van der Waals surface area (Å²) >= 11 is 0. The van der Waals surface area contributed by atoms with Crippen molar-refractivity contribution in [2.24, 2.45) is 11.8 Å². The summed E-state index contributed by atoms with van der Waals surface area (Å²) in [6.45, 7) is 10.1. The van der Waals surface area contributed by atoms with Gasteiger partial charge in [0.15, 0.2) is 0 Å². The molecule has 1 aliphatic heterocycles. The average molecular weight is 266 g/mol. The van der Waals surface area contributed by atoms with Gasteiger partial charge in [-0.3, -0.25) is 9.59 Å². The van der Waals surface area contributed by atoms with E-state index in [1.54, 1.807) is 0 Å². The van der Waals surface area contributed by atoms with Crippen molar-refractivity contribution >= 4 is 11.8 Å². The van der Waals surface area contributed by atoms with Crippen molar-refractivity contribution < 1.29 is 9.59 Å². The van der Waals surface area contributed by atoms with Crippen LogP contribution in [-0.2, 0) is 9.59 Å². The molecule has 0 aromatic carbocycles. The maximum atomic E-state index is 12.9. The fourth-order valence-corrected chi connectivity index (χ4v) is 3.04. The maximum absolute atomic E-state index is 12.9. The molecule has 0 spiro atoms. The quantitative estimate of drug-likeness (QED) is 0.845. The van der Waals surface area contributed by atoms with Gasteiger partial charge in [-0.2, -0.15) is 0 Å². The molecule has 0 bridgehead atoms. The zero-order valence-electron chi connectivity index (χ0n) is 12.7. The molecule has 2 fully saturated rings. The number of nitrogens with zero attached hydrogens (tertiary/aromatic N) is 1. The second kappa shape index (κ2) is 4.80. The lowest BCUT2D eigenvalue weighted by Gasteiger charge is -2.48. The first kappa shape index (κ1) is 14.4. The summed E-state index contributed by atoms with van der Waals surface area (Å²) in [5.74, 6) is 0.808. The lowest BCUT2D eigenvalue weighted by molar-refractivity contribution is -0.159. The molecule has 4 heteroatoms. The van der Waals surface area contributed by atoms with Crippen LogP contribution in [0.5, 0.6) is 0 Å². The third-order valence-electron chi connectivity index (χ3n) is 4.88. The molecule has 1 heterocycles. The van der Waals surface area contributed by atoms with E-state index in [9.17, 15) is 9.59 Å². The van der Waals surface area contributed by atoms with Gasteiger partial charge in [0.1, 0.15) is 11.6 Å². The van der Waals surface area contributed by atoms with E-state index < -0.39 is 5.54 Å². The Bertz CT molecular complexity index is 390. The van der Waals surface area contributed by atoms with Gasteiger partial charge in [0.2, 0.25) is 11.8 Å². The fourth-order valence-electron chi connectivity index (χ4n) is 3.04. The van der Waals surface area contributed by atoms with Crippen LogP contribution in [0.15, 0.2) is 0 Å². The summed E-state index contributed by atoms with van der Waals surface area (Å²) in [5, 5.41) is 3.00. The molecule has 1 N–H and O–H groups in total.